The van der Waals surface area contributed by atoms with Crippen LogP contribution in [0.15, 0.2) is 66.7 Å². The zero-order valence-corrected chi connectivity index (χ0v) is 17.1. The lowest BCUT2D eigenvalue weighted by Crippen LogP contribution is -2.18. The number of rotatable bonds is 5. The van der Waals surface area contributed by atoms with Crippen molar-refractivity contribution in [2.45, 2.75) is 19.4 Å². The summed E-state index contributed by atoms with van der Waals surface area (Å²) in [5.74, 6) is 0.581. The van der Waals surface area contributed by atoms with Gasteiger partial charge in [-0.05, 0) is 62.3 Å². The van der Waals surface area contributed by atoms with Gasteiger partial charge in [0, 0.05) is 23.2 Å². The van der Waals surface area contributed by atoms with E-state index in [1.54, 1.807) is 12.1 Å². The van der Waals surface area contributed by atoms with Crippen molar-refractivity contribution >= 4 is 22.6 Å². The minimum Gasteiger partial charge on any atom is -0.508 e. The number of phenols is 1. The van der Waals surface area contributed by atoms with Crippen molar-refractivity contribution in [1.82, 2.24) is 14.9 Å². The average molecular weight is 412 g/mol. The van der Waals surface area contributed by atoms with E-state index in [1.807, 2.05) is 54.6 Å². The van der Waals surface area contributed by atoms with E-state index in [4.69, 9.17) is 0 Å². The van der Waals surface area contributed by atoms with E-state index in [-0.39, 0.29) is 11.7 Å². The molecule has 0 spiro atoms. The zero-order valence-electron chi connectivity index (χ0n) is 17.1. The Morgan fingerprint density at radius 3 is 2.61 bits per heavy atom. The number of anilines is 1. The molecule has 3 N–H and O–H groups in total. The van der Waals surface area contributed by atoms with Crippen LogP contribution in [-0.2, 0) is 6.54 Å². The van der Waals surface area contributed by atoms with Gasteiger partial charge in [-0.2, -0.15) is 0 Å². The molecule has 1 aliphatic rings. The third-order valence-electron chi connectivity index (χ3n) is 5.76. The Labute approximate surface area is 180 Å². The normalized spacial score (nSPS) is 14.2. The Kier molecular flexibility index (Phi) is 5.14. The first-order valence-corrected chi connectivity index (χ1v) is 10.6. The second-order valence-electron chi connectivity index (χ2n) is 7.93. The Morgan fingerprint density at radius 2 is 1.81 bits per heavy atom. The monoisotopic (exact) mass is 412 g/mol. The number of nitrogens with zero attached hydrogens (tertiary/aromatic N) is 2. The number of H-pyrrole nitrogens is 1. The first-order valence-electron chi connectivity index (χ1n) is 10.6. The number of hydrogen-bond donors (Lipinski definition) is 3. The molecule has 6 heteroatoms. The number of aromatic nitrogens is 2. The largest absolute Gasteiger partial charge is 0.508 e. The molecule has 0 bridgehead atoms. The highest BCUT2D eigenvalue weighted by Crippen LogP contribution is 2.29. The minimum absolute atomic E-state index is 0.158. The highest BCUT2D eigenvalue weighted by molar-refractivity contribution is 6.06. The smallest absolute Gasteiger partial charge is 0.255 e. The van der Waals surface area contributed by atoms with Crippen LogP contribution >= 0.6 is 0 Å². The quantitative estimate of drug-likeness (QED) is 0.440. The van der Waals surface area contributed by atoms with Crippen LogP contribution < -0.4 is 5.32 Å². The standard InChI is InChI=1S/C25H24N4O2/c30-23-15-17(11-12-18(23)16-29-13-5-6-14-29)25(31)28-20-8-2-1-7-19(20)24-26-21-9-3-4-10-22(21)27-24/h1-4,7-12,15,30H,5-6,13-14,16H2,(H,26,27)(H,28,31). The number of carbonyl (C=O) groups excluding carboxylic acids is 1. The molecular formula is C25H24N4O2. The molecule has 3 aromatic carbocycles. The van der Waals surface area contributed by atoms with Crippen molar-refractivity contribution in [2.24, 2.45) is 0 Å². The van der Waals surface area contributed by atoms with Gasteiger partial charge in [-0.15, -0.1) is 0 Å². The molecule has 156 valence electrons. The van der Waals surface area contributed by atoms with Crippen molar-refractivity contribution in [3.8, 4) is 17.1 Å². The lowest BCUT2D eigenvalue weighted by atomic mass is 10.1. The predicted molar refractivity (Wildman–Crippen MR) is 122 cm³/mol. The van der Waals surface area contributed by atoms with E-state index in [2.05, 4.69) is 20.2 Å². The van der Waals surface area contributed by atoms with E-state index in [0.29, 0.717) is 23.6 Å². The summed E-state index contributed by atoms with van der Waals surface area (Å²) in [6.07, 6.45) is 2.40. The van der Waals surface area contributed by atoms with Gasteiger partial charge in [0.1, 0.15) is 11.6 Å². The van der Waals surface area contributed by atoms with Crippen molar-refractivity contribution < 1.29 is 9.90 Å². The van der Waals surface area contributed by atoms with Crippen molar-refractivity contribution in [2.75, 3.05) is 18.4 Å². The molecule has 1 fully saturated rings. The van der Waals surface area contributed by atoms with Gasteiger partial charge in [0.25, 0.3) is 5.91 Å². The summed E-state index contributed by atoms with van der Waals surface area (Å²) in [6.45, 7) is 2.82. The number of imidazole rings is 1. The van der Waals surface area contributed by atoms with E-state index in [0.717, 1.165) is 35.2 Å². The highest BCUT2D eigenvalue weighted by Gasteiger charge is 2.17. The molecule has 6 nitrogen and oxygen atoms in total. The van der Waals surface area contributed by atoms with Gasteiger partial charge in [0.05, 0.1) is 16.7 Å². The number of likely N-dealkylation sites (tertiary alicyclic amines) is 1. The molecule has 4 aromatic rings. The second kappa shape index (κ2) is 8.24. The van der Waals surface area contributed by atoms with Gasteiger partial charge >= 0.3 is 0 Å². The van der Waals surface area contributed by atoms with Crippen LogP contribution in [0.5, 0.6) is 5.75 Å². The Hall–Kier alpha value is -3.64. The molecule has 1 saturated heterocycles. The molecule has 0 atom stereocenters. The lowest BCUT2D eigenvalue weighted by molar-refractivity contribution is 0.102. The highest BCUT2D eigenvalue weighted by atomic mass is 16.3. The average Bonchev–Trinajstić information content (AvgIpc) is 3.45. The van der Waals surface area contributed by atoms with Gasteiger partial charge in [-0.3, -0.25) is 9.69 Å². The molecule has 1 aromatic heterocycles. The summed E-state index contributed by atoms with van der Waals surface area (Å²) >= 11 is 0. The summed E-state index contributed by atoms with van der Waals surface area (Å²) in [7, 11) is 0. The summed E-state index contributed by atoms with van der Waals surface area (Å²) < 4.78 is 0. The van der Waals surface area contributed by atoms with Crippen molar-refractivity contribution in [1.29, 1.82) is 0 Å². The number of aromatic hydroxyl groups is 1. The molecule has 0 saturated carbocycles. The Bertz CT molecular complexity index is 1210. The maximum absolute atomic E-state index is 12.9. The van der Waals surface area contributed by atoms with Gasteiger partial charge < -0.3 is 15.4 Å². The number of carbonyl (C=O) groups is 1. The molecule has 2 heterocycles. The molecule has 31 heavy (non-hydrogen) atoms. The molecule has 0 radical (unpaired) electrons. The van der Waals surface area contributed by atoms with Gasteiger partial charge in [-0.25, -0.2) is 4.98 Å². The first kappa shape index (κ1) is 19.3. The molecule has 1 aliphatic heterocycles. The third-order valence-corrected chi connectivity index (χ3v) is 5.76. The summed E-state index contributed by atoms with van der Waals surface area (Å²) in [5, 5.41) is 13.4. The SMILES string of the molecule is O=C(Nc1ccccc1-c1nc2ccccc2[nH]1)c1ccc(CN2CCCC2)c(O)c1. The molecule has 0 unspecified atom stereocenters. The molecular weight excluding hydrogens is 388 g/mol. The van der Waals surface area contributed by atoms with Crippen LogP contribution in [-0.4, -0.2) is 39.0 Å². The van der Waals surface area contributed by atoms with Crippen LogP contribution in [0.3, 0.4) is 0 Å². The van der Waals surface area contributed by atoms with Crippen molar-refractivity contribution in [3.63, 3.8) is 0 Å². The van der Waals surface area contributed by atoms with Crippen LogP contribution in [0.25, 0.3) is 22.4 Å². The second-order valence-corrected chi connectivity index (χ2v) is 7.93. The number of benzene rings is 3. The Morgan fingerprint density at radius 1 is 1.03 bits per heavy atom. The first-order chi connectivity index (χ1) is 15.2. The maximum atomic E-state index is 12.9. The van der Waals surface area contributed by atoms with Gasteiger partial charge in [0.2, 0.25) is 0 Å². The predicted octanol–water partition coefficient (Wildman–Crippen LogP) is 4.78. The number of nitrogens with one attached hydrogen (secondary N) is 2. The lowest BCUT2D eigenvalue weighted by Gasteiger charge is -2.16. The molecule has 1 amide bonds. The zero-order chi connectivity index (χ0) is 21.2. The van der Waals surface area contributed by atoms with Crippen LogP contribution in [0.4, 0.5) is 5.69 Å². The fraction of sp³-hybridized carbons (Fsp3) is 0.200. The van der Waals surface area contributed by atoms with E-state index < -0.39 is 0 Å². The summed E-state index contributed by atoms with van der Waals surface area (Å²) in [4.78, 5) is 23.2. The Balaban J connectivity index is 1.37. The fourth-order valence-corrected chi connectivity index (χ4v) is 4.09. The van der Waals surface area contributed by atoms with Crippen LogP contribution in [0.2, 0.25) is 0 Å². The van der Waals surface area contributed by atoms with Crippen molar-refractivity contribution in [3.05, 3.63) is 77.9 Å². The molecule has 0 aliphatic carbocycles. The van der Waals surface area contributed by atoms with Gasteiger partial charge in [0.15, 0.2) is 0 Å². The fourth-order valence-electron chi connectivity index (χ4n) is 4.09. The summed E-state index contributed by atoms with van der Waals surface area (Å²) in [5.41, 5.74) is 4.55. The number of para-hydroxylation sites is 3. The number of phenolic OH excluding ortho intramolecular Hbond substituents is 1. The number of hydrogen-bond acceptors (Lipinski definition) is 4. The van der Waals surface area contributed by atoms with Crippen LogP contribution in [0.1, 0.15) is 28.8 Å². The molecule has 5 rings (SSSR count). The summed E-state index contributed by atoms with van der Waals surface area (Å²) in [6, 6.07) is 20.5. The van der Waals surface area contributed by atoms with Crippen LogP contribution in [0, 0.1) is 0 Å². The van der Waals surface area contributed by atoms with E-state index in [1.165, 1.54) is 12.8 Å². The van der Waals surface area contributed by atoms with Gasteiger partial charge in [-0.1, -0.05) is 30.3 Å². The third kappa shape index (κ3) is 4.02. The minimum atomic E-state index is -0.272. The topological polar surface area (TPSA) is 81.2 Å². The number of aromatic amines is 1. The maximum Gasteiger partial charge on any atom is 0.255 e. The van der Waals surface area contributed by atoms with E-state index in [9.17, 15) is 9.90 Å². The van der Waals surface area contributed by atoms with E-state index >= 15 is 0 Å². The number of fused-ring (bicyclic) bond motifs is 1. The number of amides is 1.